The molecule has 1 fully saturated rings. The number of hydrogen-bond acceptors (Lipinski definition) is 3. The second kappa shape index (κ2) is 5.74. The van der Waals surface area contributed by atoms with E-state index in [0.717, 1.165) is 25.7 Å². The van der Waals surface area contributed by atoms with E-state index < -0.39 is 6.03 Å². The molecule has 1 aromatic heterocycles. The summed E-state index contributed by atoms with van der Waals surface area (Å²) in [4.78, 5) is 14.7. The highest BCUT2D eigenvalue weighted by molar-refractivity contribution is 7.10. The van der Waals surface area contributed by atoms with Gasteiger partial charge in [-0.05, 0) is 56.6 Å². The van der Waals surface area contributed by atoms with Crippen LogP contribution in [-0.2, 0) is 5.54 Å². The van der Waals surface area contributed by atoms with Gasteiger partial charge in [-0.2, -0.15) is 0 Å². The van der Waals surface area contributed by atoms with Crippen molar-refractivity contribution < 1.29 is 4.79 Å². The van der Waals surface area contributed by atoms with E-state index in [-0.39, 0.29) is 11.0 Å². The SMILES string of the molecule is CN(C)[C@]1(c2cccs2)CC[C@@](C)(CNC(N)=O)CC1. The van der Waals surface area contributed by atoms with E-state index in [1.807, 2.05) is 11.3 Å². The van der Waals surface area contributed by atoms with E-state index in [0.29, 0.717) is 6.54 Å². The van der Waals surface area contributed by atoms with Gasteiger partial charge in [0, 0.05) is 11.4 Å². The number of hydrogen-bond donors (Lipinski definition) is 2. The predicted octanol–water partition coefficient (Wildman–Crippen LogP) is 2.75. The minimum Gasteiger partial charge on any atom is -0.352 e. The third-order valence-electron chi connectivity index (χ3n) is 4.81. The highest BCUT2D eigenvalue weighted by Crippen LogP contribution is 2.48. The lowest BCUT2D eigenvalue weighted by atomic mass is 9.67. The van der Waals surface area contributed by atoms with Crippen LogP contribution in [0.3, 0.4) is 0 Å². The molecule has 0 unspecified atom stereocenters. The first-order chi connectivity index (χ1) is 9.38. The van der Waals surface area contributed by atoms with E-state index in [4.69, 9.17) is 5.73 Å². The summed E-state index contributed by atoms with van der Waals surface area (Å²) in [5.41, 5.74) is 5.50. The Hall–Kier alpha value is -1.07. The van der Waals surface area contributed by atoms with Crippen LogP contribution < -0.4 is 11.1 Å². The molecule has 112 valence electrons. The third kappa shape index (κ3) is 2.99. The Morgan fingerprint density at radius 1 is 1.40 bits per heavy atom. The minimum atomic E-state index is -0.422. The summed E-state index contributed by atoms with van der Waals surface area (Å²) in [7, 11) is 4.34. The van der Waals surface area contributed by atoms with Gasteiger partial charge < -0.3 is 11.1 Å². The first-order valence-corrected chi connectivity index (χ1v) is 8.01. The largest absolute Gasteiger partial charge is 0.352 e. The molecule has 1 saturated carbocycles. The lowest BCUT2D eigenvalue weighted by molar-refractivity contribution is 0.0464. The van der Waals surface area contributed by atoms with Crippen LogP contribution in [0, 0.1) is 5.41 Å². The number of rotatable bonds is 4. The van der Waals surface area contributed by atoms with Crippen LogP contribution in [0.5, 0.6) is 0 Å². The fraction of sp³-hybridized carbons (Fsp3) is 0.667. The van der Waals surface area contributed by atoms with Crippen molar-refractivity contribution in [3.63, 3.8) is 0 Å². The van der Waals surface area contributed by atoms with Crippen LogP contribution in [0.25, 0.3) is 0 Å². The first kappa shape index (κ1) is 15.3. The second-order valence-corrected chi connectivity index (χ2v) is 7.38. The zero-order chi connectivity index (χ0) is 14.8. The van der Waals surface area contributed by atoms with E-state index in [2.05, 4.69) is 48.7 Å². The maximum atomic E-state index is 10.9. The molecule has 0 bridgehead atoms. The molecule has 0 spiro atoms. The topological polar surface area (TPSA) is 58.4 Å². The van der Waals surface area contributed by atoms with Crippen LogP contribution >= 0.6 is 11.3 Å². The average molecular weight is 295 g/mol. The van der Waals surface area contributed by atoms with Crippen LogP contribution in [0.15, 0.2) is 17.5 Å². The number of nitrogens with two attached hydrogens (primary N) is 1. The molecule has 20 heavy (non-hydrogen) atoms. The summed E-state index contributed by atoms with van der Waals surface area (Å²) < 4.78 is 0. The fourth-order valence-electron chi connectivity index (χ4n) is 3.20. The molecular weight excluding hydrogens is 270 g/mol. The lowest BCUT2D eigenvalue weighted by Gasteiger charge is -2.48. The number of urea groups is 1. The fourth-order valence-corrected chi connectivity index (χ4v) is 4.27. The van der Waals surface area contributed by atoms with Gasteiger partial charge in [0.1, 0.15) is 0 Å². The predicted molar refractivity (Wildman–Crippen MR) is 83.8 cm³/mol. The van der Waals surface area contributed by atoms with Crippen molar-refractivity contribution in [1.29, 1.82) is 0 Å². The first-order valence-electron chi connectivity index (χ1n) is 7.13. The highest BCUT2D eigenvalue weighted by atomic mass is 32.1. The minimum absolute atomic E-state index is 0.153. The number of carbonyl (C=O) groups excluding carboxylic acids is 1. The van der Waals surface area contributed by atoms with Crippen molar-refractivity contribution >= 4 is 17.4 Å². The van der Waals surface area contributed by atoms with Crippen LogP contribution in [0.4, 0.5) is 4.79 Å². The molecule has 1 heterocycles. The van der Waals surface area contributed by atoms with Crippen molar-refractivity contribution in [2.24, 2.45) is 11.1 Å². The van der Waals surface area contributed by atoms with Gasteiger partial charge in [-0.25, -0.2) is 4.79 Å². The summed E-state index contributed by atoms with van der Waals surface area (Å²) in [6.45, 7) is 2.92. The molecule has 0 radical (unpaired) electrons. The highest BCUT2D eigenvalue weighted by Gasteiger charge is 2.43. The molecular formula is C15H25N3OS. The Kier molecular flexibility index (Phi) is 4.39. The number of nitrogens with zero attached hydrogens (tertiary/aromatic N) is 1. The van der Waals surface area contributed by atoms with Crippen molar-refractivity contribution in [3.05, 3.63) is 22.4 Å². The second-order valence-electron chi connectivity index (χ2n) is 6.43. The molecule has 1 aliphatic rings. The Bertz CT molecular complexity index is 448. The van der Waals surface area contributed by atoms with E-state index in [1.165, 1.54) is 4.88 Å². The standard InChI is InChI=1S/C15H25N3OS/c1-14(11-17-13(16)19)6-8-15(9-7-14,18(2)3)12-5-4-10-20-12/h4-5,10H,6-9,11H2,1-3H3,(H3,16,17,19)/t14-,15-. The molecule has 5 heteroatoms. The van der Waals surface area contributed by atoms with Crippen molar-refractivity contribution in [3.8, 4) is 0 Å². The lowest BCUT2D eigenvalue weighted by Crippen LogP contribution is -2.48. The maximum Gasteiger partial charge on any atom is 0.312 e. The summed E-state index contributed by atoms with van der Waals surface area (Å²) in [5.74, 6) is 0. The number of primary amides is 1. The maximum absolute atomic E-state index is 10.9. The van der Waals surface area contributed by atoms with Gasteiger partial charge >= 0.3 is 6.03 Å². The Balaban J connectivity index is 2.09. The quantitative estimate of drug-likeness (QED) is 0.897. The van der Waals surface area contributed by atoms with Gasteiger partial charge in [0.05, 0.1) is 5.54 Å². The van der Waals surface area contributed by atoms with Crippen molar-refractivity contribution in [2.75, 3.05) is 20.6 Å². The molecule has 0 aromatic carbocycles. The van der Waals surface area contributed by atoms with E-state index in [9.17, 15) is 4.79 Å². The van der Waals surface area contributed by atoms with Gasteiger partial charge in [-0.1, -0.05) is 13.0 Å². The summed E-state index contributed by atoms with van der Waals surface area (Å²) >= 11 is 1.84. The molecule has 2 rings (SSSR count). The third-order valence-corrected chi connectivity index (χ3v) is 5.87. The molecule has 4 nitrogen and oxygen atoms in total. The molecule has 3 N–H and O–H groups in total. The van der Waals surface area contributed by atoms with E-state index >= 15 is 0 Å². The number of nitrogens with one attached hydrogen (secondary N) is 1. The number of thiophene rings is 1. The zero-order valence-electron chi connectivity index (χ0n) is 12.6. The van der Waals surface area contributed by atoms with E-state index in [1.54, 1.807) is 0 Å². The monoisotopic (exact) mass is 295 g/mol. The van der Waals surface area contributed by atoms with Gasteiger partial charge in [0.2, 0.25) is 0 Å². The number of amides is 2. The molecule has 1 aromatic rings. The average Bonchev–Trinajstić information content (AvgIpc) is 2.92. The molecule has 0 aliphatic heterocycles. The molecule has 0 atom stereocenters. The molecule has 0 saturated heterocycles. The summed E-state index contributed by atoms with van der Waals surface area (Å²) in [5, 5.41) is 4.93. The summed E-state index contributed by atoms with van der Waals surface area (Å²) in [6, 6.07) is 3.96. The van der Waals surface area contributed by atoms with Crippen molar-refractivity contribution in [1.82, 2.24) is 10.2 Å². The Morgan fingerprint density at radius 3 is 2.50 bits per heavy atom. The Labute approximate surface area is 125 Å². The van der Waals surface area contributed by atoms with Gasteiger partial charge in [-0.3, -0.25) is 4.90 Å². The molecule has 2 amide bonds. The normalized spacial score (nSPS) is 30.4. The smallest absolute Gasteiger partial charge is 0.312 e. The zero-order valence-corrected chi connectivity index (χ0v) is 13.4. The molecule has 1 aliphatic carbocycles. The summed E-state index contributed by atoms with van der Waals surface area (Å²) in [6.07, 6.45) is 4.45. The van der Waals surface area contributed by atoms with Crippen molar-refractivity contribution in [2.45, 2.75) is 38.1 Å². The van der Waals surface area contributed by atoms with Gasteiger partial charge in [0.15, 0.2) is 0 Å². The number of carbonyl (C=O) groups is 1. The van der Waals surface area contributed by atoms with Crippen LogP contribution in [0.2, 0.25) is 0 Å². The van der Waals surface area contributed by atoms with Gasteiger partial charge in [-0.15, -0.1) is 11.3 Å². The Morgan fingerprint density at radius 2 is 2.05 bits per heavy atom. The van der Waals surface area contributed by atoms with Gasteiger partial charge in [0.25, 0.3) is 0 Å². The van der Waals surface area contributed by atoms with Crippen LogP contribution in [-0.4, -0.2) is 31.6 Å². The van der Waals surface area contributed by atoms with Crippen LogP contribution in [0.1, 0.15) is 37.5 Å².